The van der Waals surface area contributed by atoms with Gasteiger partial charge in [0.25, 0.3) is 5.91 Å². The first-order valence-corrected chi connectivity index (χ1v) is 15.6. The van der Waals surface area contributed by atoms with Crippen molar-refractivity contribution in [2.24, 2.45) is 17.3 Å². The van der Waals surface area contributed by atoms with Gasteiger partial charge in [0, 0.05) is 12.4 Å². The van der Waals surface area contributed by atoms with Crippen molar-refractivity contribution in [3.05, 3.63) is 95.3 Å². The Labute approximate surface area is 260 Å². The number of methoxy groups -OCH3 is 1. The highest BCUT2D eigenvalue weighted by Gasteiger charge is 2.68. The highest BCUT2D eigenvalue weighted by molar-refractivity contribution is 6.48. The number of hydrogen-bond donors (Lipinski definition) is 2. The van der Waals surface area contributed by atoms with Gasteiger partial charge in [-0.25, -0.2) is 0 Å². The Morgan fingerprint density at radius 1 is 1.07 bits per heavy atom. The van der Waals surface area contributed by atoms with E-state index in [1.54, 1.807) is 25.4 Å². The van der Waals surface area contributed by atoms with Gasteiger partial charge in [0.1, 0.15) is 5.75 Å². The van der Waals surface area contributed by atoms with Crippen molar-refractivity contribution in [3.63, 3.8) is 0 Å². The summed E-state index contributed by atoms with van der Waals surface area (Å²) < 4.78 is 18.9. The van der Waals surface area contributed by atoms with Gasteiger partial charge in [-0.3, -0.25) is 14.6 Å². The molecule has 8 nitrogen and oxygen atoms in total. The largest absolute Gasteiger partial charge is 0.497 e. The van der Waals surface area contributed by atoms with Crippen molar-refractivity contribution in [1.82, 2.24) is 15.6 Å². The van der Waals surface area contributed by atoms with Gasteiger partial charge in [-0.15, -0.1) is 0 Å². The number of hydrogen-bond acceptors (Lipinski definition) is 6. The number of rotatable bonds is 10. The Hall–Kier alpha value is -3.69. The van der Waals surface area contributed by atoms with E-state index in [9.17, 15) is 9.59 Å². The zero-order valence-corrected chi connectivity index (χ0v) is 26.2. The normalized spacial score (nSPS) is 26.1. The standard InChI is InChI=1S/C35H42BN3O5/c1-22-9-6-10-23(15-22)16-31(36-43-30-19-26-18-29(34(26,2)3)35(30,4)44-36)39-32(40)20-28(24-11-7-13-27(17-24)42-5)38-33(41)25-12-8-14-37-21-25/h6-15,17,21,26,28-31H,16,18-20H2,1-5H3,(H,38,41)(H,39,40)/t26-,28?,29-,30+,31-,35-/m0/s1. The fourth-order valence-electron chi connectivity index (χ4n) is 7.68. The lowest BCUT2D eigenvalue weighted by Gasteiger charge is -2.64. The van der Waals surface area contributed by atoms with Crippen LogP contribution in [0.25, 0.3) is 0 Å². The molecule has 6 atom stereocenters. The second kappa shape index (κ2) is 12.0. The number of benzene rings is 2. The average molecular weight is 596 g/mol. The molecule has 1 saturated heterocycles. The highest BCUT2D eigenvalue weighted by atomic mass is 16.7. The summed E-state index contributed by atoms with van der Waals surface area (Å²) >= 11 is 0. The molecule has 2 aromatic carbocycles. The molecule has 4 aliphatic rings. The molecule has 0 spiro atoms. The molecule has 3 saturated carbocycles. The van der Waals surface area contributed by atoms with Crippen molar-refractivity contribution in [1.29, 1.82) is 0 Å². The molecule has 2 heterocycles. The van der Waals surface area contributed by atoms with Gasteiger partial charge in [0.15, 0.2) is 0 Å². The zero-order chi connectivity index (χ0) is 31.1. The molecule has 230 valence electrons. The van der Waals surface area contributed by atoms with E-state index in [0.717, 1.165) is 29.5 Å². The second-order valence-corrected chi connectivity index (χ2v) is 13.5. The number of carbonyl (C=O) groups is 2. The first-order chi connectivity index (χ1) is 21.1. The second-order valence-electron chi connectivity index (χ2n) is 13.5. The first kappa shape index (κ1) is 30.3. The van der Waals surface area contributed by atoms with Crippen molar-refractivity contribution in [3.8, 4) is 5.75 Å². The van der Waals surface area contributed by atoms with Gasteiger partial charge in [0.05, 0.1) is 42.8 Å². The molecule has 3 aromatic rings. The van der Waals surface area contributed by atoms with Crippen LogP contribution in [0.4, 0.5) is 0 Å². The third kappa shape index (κ3) is 5.87. The average Bonchev–Trinajstić information content (AvgIpc) is 3.38. The molecule has 0 radical (unpaired) electrons. The van der Waals surface area contributed by atoms with Crippen LogP contribution in [0.15, 0.2) is 73.1 Å². The van der Waals surface area contributed by atoms with Gasteiger partial charge in [0.2, 0.25) is 5.91 Å². The lowest BCUT2D eigenvalue weighted by molar-refractivity contribution is -0.199. The molecule has 7 rings (SSSR count). The van der Waals surface area contributed by atoms with Crippen LogP contribution in [-0.2, 0) is 20.5 Å². The summed E-state index contributed by atoms with van der Waals surface area (Å²) in [6.07, 6.45) is 5.84. The Balaban J connectivity index is 1.24. The molecule has 44 heavy (non-hydrogen) atoms. The minimum Gasteiger partial charge on any atom is -0.497 e. The van der Waals surface area contributed by atoms with E-state index in [4.69, 9.17) is 14.0 Å². The molecule has 4 fully saturated rings. The molecule has 2 amide bonds. The molecule has 2 bridgehead atoms. The van der Waals surface area contributed by atoms with Gasteiger partial charge >= 0.3 is 7.12 Å². The van der Waals surface area contributed by atoms with Crippen LogP contribution in [0.3, 0.4) is 0 Å². The number of carbonyl (C=O) groups excluding carboxylic acids is 2. The smallest absolute Gasteiger partial charge is 0.482 e. The summed E-state index contributed by atoms with van der Waals surface area (Å²) in [5.41, 5.74) is 3.26. The van der Waals surface area contributed by atoms with Crippen LogP contribution in [0.1, 0.15) is 73.1 Å². The van der Waals surface area contributed by atoms with Gasteiger partial charge in [-0.1, -0.05) is 55.8 Å². The van der Waals surface area contributed by atoms with E-state index in [2.05, 4.69) is 61.5 Å². The third-order valence-electron chi connectivity index (χ3n) is 10.3. The summed E-state index contributed by atoms with van der Waals surface area (Å²) in [7, 11) is 1.01. The minimum atomic E-state index is -0.601. The predicted molar refractivity (Wildman–Crippen MR) is 169 cm³/mol. The lowest BCUT2D eigenvalue weighted by atomic mass is 9.43. The number of nitrogens with zero attached hydrogens (tertiary/aromatic N) is 1. The monoisotopic (exact) mass is 595 g/mol. The number of ether oxygens (including phenoxy) is 1. The van der Waals surface area contributed by atoms with E-state index < -0.39 is 19.1 Å². The van der Waals surface area contributed by atoms with Crippen molar-refractivity contribution in [2.45, 2.75) is 77.1 Å². The fourth-order valence-corrected chi connectivity index (χ4v) is 7.68. The summed E-state index contributed by atoms with van der Waals surface area (Å²) in [5, 5.41) is 6.30. The summed E-state index contributed by atoms with van der Waals surface area (Å²) in [5.74, 6) is 0.761. The van der Waals surface area contributed by atoms with Crippen molar-refractivity contribution in [2.75, 3.05) is 7.11 Å². The van der Waals surface area contributed by atoms with E-state index >= 15 is 0 Å². The third-order valence-corrected chi connectivity index (χ3v) is 10.3. The Kier molecular flexibility index (Phi) is 8.28. The molecule has 3 aliphatic carbocycles. The topological polar surface area (TPSA) is 98.8 Å². The highest BCUT2D eigenvalue weighted by Crippen LogP contribution is 2.65. The molecule has 2 N–H and O–H groups in total. The molecular weight excluding hydrogens is 553 g/mol. The van der Waals surface area contributed by atoms with Crippen LogP contribution >= 0.6 is 0 Å². The van der Waals surface area contributed by atoms with Gasteiger partial charge in [-0.2, -0.15) is 0 Å². The van der Waals surface area contributed by atoms with E-state index in [-0.39, 0.29) is 35.4 Å². The number of pyridine rings is 1. The van der Waals surface area contributed by atoms with Gasteiger partial charge < -0.3 is 24.7 Å². The molecular formula is C35H42BN3O5. The number of amides is 2. The Morgan fingerprint density at radius 2 is 1.89 bits per heavy atom. The van der Waals surface area contributed by atoms with E-state index in [1.165, 1.54) is 6.20 Å². The zero-order valence-electron chi connectivity index (χ0n) is 26.2. The Morgan fingerprint density at radius 3 is 2.61 bits per heavy atom. The number of aryl methyl sites for hydroxylation is 1. The molecule has 1 aromatic heterocycles. The maximum atomic E-state index is 13.9. The van der Waals surface area contributed by atoms with Gasteiger partial charge in [-0.05, 0) is 85.8 Å². The quantitative estimate of drug-likeness (QED) is 0.311. The first-order valence-electron chi connectivity index (χ1n) is 15.6. The lowest BCUT2D eigenvalue weighted by Crippen LogP contribution is -2.65. The predicted octanol–water partition coefficient (Wildman–Crippen LogP) is 5.25. The van der Waals surface area contributed by atoms with Crippen LogP contribution in [0.2, 0.25) is 0 Å². The van der Waals surface area contributed by atoms with Crippen molar-refractivity contribution < 1.29 is 23.6 Å². The molecule has 1 aliphatic heterocycles. The van der Waals surface area contributed by atoms with E-state index in [1.807, 2.05) is 30.3 Å². The van der Waals surface area contributed by atoms with Crippen molar-refractivity contribution >= 4 is 18.9 Å². The Bertz CT molecular complexity index is 1520. The minimum absolute atomic E-state index is 0.00416. The number of aromatic nitrogens is 1. The molecule has 1 unspecified atom stereocenters. The van der Waals surface area contributed by atoms with E-state index in [0.29, 0.717) is 29.6 Å². The maximum absolute atomic E-state index is 13.9. The van der Waals surface area contributed by atoms with Crippen LogP contribution in [0, 0.1) is 24.2 Å². The SMILES string of the molecule is COc1cccc(C(CC(=O)N[C@@H](Cc2cccc(C)c2)B2O[C@@H]3C[C@@H]4C[C@@H](C4(C)C)[C@]3(C)O2)NC(=O)c2cccnc2)c1. The van der Waals surface area contributed by atoms with Crippen LogP contribution in [-0.4, -0.2) is 48.7 Å². The number of nitrogens with one attached hydrogen (secondary N) is 2. The van der Waals surface area contributed by atoms with Crippen LogP contribution in [0.5, 0.6) is 5.75 Å². The summed E-state index contributed by atoms with van der Waals surface area (Å²) in [4.78, 5) is 31.1. The fraction of sp³-hybridized carbons (Fsp3) is 0.457. The summed E-state index contributed by atoms with van der Waals surface area (Å²) in [6.45, 7) is 8.94. The molecule has 9 heteroatoms. The summed E-state index contributed by atoms with van der Waals surface area (Å²) in [6, 6.07) is 18.5. The maximum Gasteiger partial charge on any atom is 0.482 e. The van der Waals surface area contributed by atoms with Crippen LogP contribution < -0.4 is 15.4 Å².